The van der Waals surface area contributed by atoms with Crippen LogP contribution in [0.2, 0.25) is 0 Å². The van der Waals surface area contributed by atoms with E-state index in [2.05, 4.69) is 10.6 Å². The highest BCUT2D eigenvalue weighted by Gasteiger charge is 2.32. The van der Waals surface area contributed by atoms with E-state index >= 15 is 0 Å². The molecule has 20 heavy (non-hydrogen) atoms. The van der Waals surface area contributed by atoms with E-state index in [4.69, 9.17) is 0 Å². The minimum atomic E-state index is -0.764. The van der Waals surface area contributed by atoms with Crippen LogP contribution in [0, 0.1) is 0 Å². The summed E-state index contributed by atoms with van der Waals surface area (Å²) in [5.41, 5.74) is 1.03. The third-order valence-corrected chi connectivity index (χ3v) is 3.19. The average Bonchev–Trinajstić information content (AvgIpc) is 2.75. The summed E-state index contributed by atoms with van der Waals surface area (Å²) in [6.07, 6.45) is -0.0156. The van der Waals surface area contributed by atoms with Crippen molar-refractivity contribution in [3.8, 4) is 0 Å². The number of imide groups is 1. The van der Waals surface area contributed by atoms with Gasteiger partial charge in [0.05, 0.1) is 6.42 Å². The fourth-order valence-electron chi connectivity index (χ4n) is 2.09. The molecule has 1 heterocycles. The van der Waals surface area contributed by atoms with Crippen LogP contribution in [0.25, 0.3) is 0 Å². The highest BCUT2D eigenvalue weighted by Crippen LogP contribution is 2.08. The first-order valence-electron chi connectivity index (χ1n) is 6.53. The molecule has 0 bridgehead atoms. The van der Waals surface area contributed by atoms with Gasteiger partial charge >= 0.3 is 6.03 Å². The normalized spacial score (nSPS) is 17.6. The Labute approximate surface area is 117 Å². The van der Waals surface area contributed by atoms with Gasteiger partial charge in [0.15, 0.2) is 0 Å². The molecule has 2 N–H and O–H groups in total. The Morgan fingerprint density at radius 3 is 2.50 bits per heavy atom. The number of urea groups is 1. The molecule has 1 fully saturated rings. The minimum Gasteiger partial charge on any atom is -0.339 e. The van der Waals surface area contributed by atoms with Gasteiger partial charge < -0.3 is 10.2 Å². The quantitative estimate of drug-likeness (QED) is 0.774. The molecule has 1 aliphatic rings. The van der Waals surface area contributed by atoms with Crippen molar-refractivity contribution < 1.29 is 14.4 Å². The Kier molecular flexibility index (Phi) is 4.34. The summed E-state index contributed by atoms with van der Waals surface area (Å²) < 4.78 is 0. The van der Waals surface area contributed by atoms with Crippen LogP contribution in [-0.4, -0.2) is 35.3 Å². The fraction of sp³-hybridized carbons (Fsp3) is 0.357. The van der Waals surface area contributed by atoms with Gasteiger partial charge in [-0.2, -0.15) is 0 Å². The van der Waals surface area contributed by atoms with E-state index in [0.29, 0.717) is 13.1 Å². The van der Waals surface area contributed by atoms with Crippen molar-refractivity contribution in [3.05, 3.63) is 35.9 Å². The molecular formula is C14H17N3O3. The molecule has 1 unspecified atom stereocenters. The van der Waals surface area contributed by atoms with E-state index in [1.807, 2.05) is 37.3 Å². The molecular weight excluding hydrogens is 258 g/mol. The zero-order valence-corrected chi connectivity index (χ0v) is 11.3. The third-order valence-electron chi connectivity index (χ3n) is 3.19. The lowest BCUT2D eigenvalue weighted by Gasteiger charge is -2.22. The molecule has 1 aromatic carbocycles. The zero-order chi connectivity index (χ0) is 14.5. The Bertz CT molecular complexity index is 516. The Balaban J connectivity index is 1.95. The summed E-state index contributed by atoms with van der Waals surface area (Å²) in [6.45, 7) is 2.93. The second-order valence-corrected chi connectivity index (χ2v) is 4.61. The van der Waals surface area contributed by atoms with Gasteiger partial charge in [0.1, 0.15) is 6.04 Å². The highest BCUT2D eigenvalue weighted by molar-refractivity contribution is 6.05. The van der Waals surface area contributed by atoms with Crippen LogP contribution in [0.15, 0.2) is 30.3 Å². The number of nitrogens with zero attached hydrogens (tertiary/aromatic N) is 1. The maximum Gasteiger partial charge on any atom is 0.322 e. The van der Waals surface area contributed by atoms with E-state index in [1.165, 1.54) is 0 Å². The molecule has 0 aromatic heterocycles. The topological polar surface area (TPSA) is 78.5 Å². The van der Waals surface area contributed by atoms with Gasteiger partial charge in [0.25, 0.3) is 5.91 Å². The van der Waals surface area contributed by atoms with E-state index < -0.39 is 18.0 Å². The molecule has 1 saturated heterocycles. The maximum atomic E-state index is 12.2. The van der Waals surface area contributed by atoms with E-state index in [0.717, 1.165) is 5.56 Å². The van der Waals surface area contributed by atoms with Crippen molar-refractivity contribution in [3.63, 3.8) is 0 Å². The van der Waals surface area contributed by atoms with E-state index in [9.17, 15) is 14.4 Å². The predicted molar refractivity (Wildman–Crippen MR) is 72.6 cm³/mol. The number of hydrogen-bond donors (Lipinski definition) is 2. The fourth-order valence-corrected chi connectivity index (χ4v) is 2.09. The summed E-state index contributed by atoms with van der Waals surface area (Å²) in [5.74, 6) is -0.599. The van der Waals surface area contributed by atoms with Crippen molar-refractivity contribution in [2.75, 3.05) is 6.54 Å². The Morgan fingerprint density at radius 2 is 1.95 bits per heavy atom. The van der Waals surface area contributed by atoms with Crippen molar-refractivity contribution >= 4 is 17.8 Å². The second kappa shape index (κ2) is 6.18. The average molecular weight is 275 g/mol. The molecule has 0 saturated carbocycles. The van der Waals surface area contributed by atoms with Crippen LogP contribution in [0.3, 0.4) is 0 Å². The van der Waals surface area contributed by atoms with E-state index in [-0.39, 0.29) is 12.3 Å². The first kappa shape index (κ1) is 14.0. The summed E-state index contributed by atoms with van der Waals surface area (Å²) in [6, 6.07) is 8.33. The molecule has 0 spiro atoms. The van der Waals surface area contributed by atoms with Crippen LogP contribution in [-0.2, 0) is 16.1 Å². The van der Waals surface area contributed by atoms with Gasteiger partial charge in [-0.05, 0) is 12.5 Å². The zero-order valence-electron chi connectivity index (χ0n) is 11.3. The maximum absolute atomic E-state index is 12.2. The first-order valence-corrected chi connectivity index (χ1v) is 6.53. The molecule has 1 aromatic rings. The number of carbonyl (C=O) groups is 3. The number of rotatable bonds is 5. The molecule has 1 atom stereocenters. The van der Waals surface area contributed by atoms with Crippen molar-refractivity contribution in [2.45, 2.75) is 25.9 Å². The summed E-state index contributed by atoms with van der Waals surface area (Å²) in [4.78, 5) is 36.3. The van der Waals surface area contributed by atoms with Crippen LogP contribution in [0.5, 0.6) is 0 Å². The molecule has 0 aliphatic carbocycles. The minimum absolute atomic E-state index is 0.0156. The van der Waals surface area contributed by atoms with Crippen LogP contribution in [0.4, 0.5) is 4.79 Å². The second-order valence-electron chi connectivity index (χ2n) is 4.61. The molecule has 106 valence electrons. The molecule has 6 heteroatoms. The van der Waals surface area contributed by atoms with Crippen LogP contribution < -0.4 is 10.6 Å². The van der Waals surface area contributed by atoms with Crippen molar-refractivity contribution in [1.82, 2.24) is 15.5 Å². The van der Waals surface area contributed by atoms with Gasteiger partial charge in [-0.1, -0.05) is 30.3 Å². The number of nitrogens with one attached hydrogen (secondary N) is 2. The SMILES string of the molecule is CCN(Cc1ccccc1)C(=O)CC1NC(=O)NC1=O. The van der Waals surface area contributed by atoms with Crippen LogP contribution >= 0.6 is 0 Å². The largest absolute Gasteiger partial charge is 0.339 e. The molecule has 2 rings (SSSR count). The lowest BCUT2D eigenvalue weighted by Crippen LogP contribution is -2.38. The standard InChI is InChI=1S/C14H17N3O3/c1-2-17(9-10-6-4-3-5-7-10)12(18)8-11-13(19)16-14(20)15-11/h3-7,11H,2,8-9H2,1H3,(H2,15,16,19,20). The molecule has 6 nitrogen and oxygen atoms in total. The molecule has 0 radical (unpaired) electrons. The van der Waals surface area contributed by atoms with Gasteiger partial charge in [-0.3, -0.25) is 14.9 Å². The first-order chi connectivity index (χ1) is 9.60. The molecule has 1 aliphatic heterocycles. The summed E-state index contributed by atoms with van der Waals surface area (Å²) in [7, 11) is 0. The Hall–Kier alpha value is -2.37. The number of carbonyl (C=O) groups excluding carboxylic acids is 3. The predicted octanol–water partition coefficient (Wildman–Crippen LogP) is 0.633. The van der Waals surface area contributed by atoms with Crippen molar-refractivity contribution in [2.24, 2.45) is 0 Å². The third kappa shape index (κ3) is 3.34. The van der Waals surface area contributed by atoms with Gasteiger partial charge in [0.2, 0.25) is 5.91 Å². The smallest absolute Gasteiger partial charge is 0.322 e. The lowest BCUT2D eigenvalue weighted by molar-refractivity contribution is -0.134. The summed E-state index contributed by atoms with van der Waals surface area (Å²) >= 11 is 0. The monoisotopic (exact) mass is 275 g/mol. The van der Waals surface area contributed by atoms with E-state index in [1.54, 1.807) is 4.90 Å². The lowest BCUT2D eigenvalue weighted by atomic mass is 10.1. The highest BCUT2D eigenvalue weighted by atomic mass is 16.2. The van der Waals surface area contributed by atoms with Crippen molar-refractivity contribution in [1.29, 1.82) is 0 Å². The molecule has 4 amide bonds. The number of hydrogen-bond acceptors (Lipinski definition) is 3. The van der Waals surface area contributed by atoms with Gasteiger partial charge in [-0.25, -0.2) is 4.79 Å². The van der Waals surface area contributed by atoms with Gasteiger partial charge in [0, 0.05) is 13.1 Å². The Morgan fingerprint density at radius 1 is 1.25 bits per heavy atom. The van der Waals surface area contributed by atoms with Gasteiger partial charge in [-0.15, -0.1) is 0 Å². The van der Waals surface area contributed by atoms with Crippen LogP contribution in [0.1, 0.15) is 18.9 Å². The number of amides is 4. The number of benzene rings is 1. The summed E-state index contributed by atoms with van der Waals surface area (Å²) in [5, 5.41) is 4.55.